The summed E-state index contributed by atoms with van der Waals surface area (Å²) in [5.41, 5.74) is 2.71. The van der Waals surface area contributed by atoms with E-state index in [2.05, 4.69) is 73.1 Å². The summed E-state index contributed by atoms with van der Waals surface area (Å²) >= 11 is 7.69. The molecule has 0 unspecified atom stereocenters. The van der Waals surface area contributed by atoms with Gasteiger partial charge in [-0.25, -0.2) is 4.79 Å². The van der Waals surface area contributed by atoms with E-state index in [4.69, 9.17) is 4.74 Å². The van der Waals surface area contributed by atoms with Gasteiger partial charge >= 0.3 is 5.97 Å². The number of benzene rings is 2. The third kappa shape index (κ3) is 4.71. The molecular formula is C20H14I3NO4S. The maximum atomic E-state index is 13.0. The molecule has 29 heavy (non-hydrogen) atoms. The van der Waals surface area contributed by atoms with E-state index in [9.17, 15) is 14.7 Å². The van der Waals surface area contributed by atoms with E-state index in [0.717, 1.165) is 18.3 Å². The monoisotopic (exact) mass is 745 g/mol. The molecule has 0 saturated heterocycles. The van der Waals surface area contributed by atoms with Crippen molar-refractivity contribution in [1.82, 2.24) is 0 Å². The lowest BCUT2D eigenvalue weighted by atomic mass is 10.1. The van der Waals surface area contributed by atoms with Crippen molar-refractivity contribution < 1.29 is 19.4 Å². The summed E-state index contributed by atoms with van der Waals surface area (Å²) in [6, 6.07) is 9.40. The largest absolute Gasteiger partial charge is 0.494 e. The summed E-state index contributed by atoms with van der Waals surface area (Å²) < 4.78 is 7.93. The average Bonchev–Trinajstić information content (AvgIpc) is 3.09. The van der Waals surface area contributed by atoms with Crippen molar-refractivity contribution in [3.05, 3.63) is 63.1 Å². The van der Waals surface area contributed by atoms with Crippen LogP contribution < -0.4 is 10.1 Å². The summed E-state index contributed by atoms with van der Waals surface area (Å²) in [7, 11) is 1.56. The van der Waals surface area contributed by atoms with Crippen LogP contribution in [0.5, 0.6) is 5.75 Å². The maximum Gasteiger partial charge on any atom is 0.339 e. The third-order valence-corrected chi connectivity index (χ3v) is 9.19. The third-order valence-electron chi connectivity index (χ3n) is 4.13. The van der Waals surface area contributed by atoms with Crippen molar-refractivity contribution in [3.63, 3.8) is 0 Å². The highest BCUT2D eigenvalue weighted by atomic mass is 127. The van der Waals surface area contributed by atoms with Crippen molar-refractivity contribution in [1.29, 1.82) is 0 Å². The van der Waals surface area contributed by atoms with Gasteiger partial charge in [0.1, 0.15) is 11.3 Å². The lowest BCUT2D eigenvalue weighted by Crippen LogP contribution is -2.16. The van der Waals surface area contributed by atoms with Crippen molar-refractivity contribution in [2.24, 2.45) is 0 Å². The Hall–Kier alpha value is -0.930. The molecule has 150 valence electrons. The van der Waals surface area contributed by atoms with E-state index in [1.54, 1.807) is 18.6 Å². The van der Waals surface area contributed by atoms with Crippen LogP contribution in [0.15, 0.2) is 35.7 Å². The average molecular weight is 745 g/mol. The zero-order chi connectivity index (χ0) is 21.3. The van der Waals surface area contributed by atoms with E-state index in [1.165, 1.54) is 11.3 Å². The van der Waals surface area contributed by atoms with Crippen molar-refractivity contribution in [3.8, 4) is 16.2 Å². The molecule has 1 aromatic heterocycles. The smallest absolute Gasteiger partial charge is 0.339 e. The van der Waals surface area contributed by atoms with Crippen molar-refractivity contribution >= 4 is 96.7 Å². The first kappa shape index (κ1) is 22.7. The highest BCUT2D eigenvalue weighted by Gasteiger charge is 2.24. The Balaban J connectivity index is 2.01. The van der Waals surface area contributed by atoms with Gasteiger partial charge in [0.2, 0.25) is 0 Å². The van der Waals surface area contributed by atoms with Crippen LogP contribution in [0.3, 0.4) is 0 Å². The van der Waals surface area contributed by atoms with E-state index >= 15 is 0 Å². The number of halogens is 3. The van der Waals surface area contributed by atoms with E-state index in [-0.39, 0.29) is 17.2 Å². The topological polar surface area (TPSA) is 75.6 Å². The molecule has 0 atom stereocenters. The standard InChI is InChI=1S/C20H14I3NO4S/c1-9-3-5-10(6-4-9)18-14(20(26)27)13(8-29-18)24-19(25)11-7-12(21)16(23)17(28-2)15(11)22/h3-8H,1-2H3,(H,24,25)(H,26,27). The van der Waals surface area contributed by atoms with Crippen molar-refractivity contribution in [2.45, 2.75) is 6.92 Å². The minimum Gasteiger partial charge on any atom is -0.494 e. The van der Waals surface area contributed by atoms with Gasteiger partial charge in [0, 0.05) is 8.95 Å². The number of nitrogens with one attached hydrogen (secondary N) is 1. The fraction of sp³-hybridized carbons (Fsp3) is 0.100. The van der Waals surface area contributed by atoms with Gasteiger partial charge in [-0.2, -0.15) is 0 Å². The number of hydrogen-bond acceptors (Lipinski definition) is 4. The van der Waals surface area contributed by atoms with Gasteiger partial charge in [-0.1, -0.05) is 29.8 Å². The first-order valence-corrected chi connectivity index (χ1v) is 12.3. The van der Waals surface area contributed by atoms with Crippen molar-refractivity contribution in [2.75, 3.05) is 12.4 Å². The first-order valence-electron chi connectivity index (χ1n) is 8.19. The highest BCUT2D eigenvalue weighted by Crippen LogP contribution is 2.38. The van der Waals surface area contributed by atoms with Crippen LogP contribution >= 0.6 is 79.1 Å². The number of aryl methyl sites for hydroxylation is 1. The number of carboxylic acid groups (broad SMARTS) is 1. The Morgan fingerprint density at radius 3 is 2.34 bits per heavy atom. The first-order chi connectivity index (χ1) is 13.7. The van der Waals surface area contributed by atoms with Gasteiger partial charge < -0.3 is 15.2 Å². The zero-order valence-corrected chi connectivity index (χ0v) is 22.5. The van der Waals surface area contributed by atoms with Gasteiger partial charge in [0.15, 0.2) is 0 Å². The summed E-state index contributed by atoms with van der Waals surface area (Å²) in [4.78, 5) is 25.5. The quantitative estimate of drug-likeness (QED) is 0.231. The number of aromatic carboxylic acids is 1. The molecule has 3 aromatic rings. The second-order valence-electron chi connectivity index (χ2n) is 6.05. The van der Waals surface area contributed by atoms with Crippen LogP contribution in [0.25, 0.3) is 10.4 Å². The molecule has 3 rings (SSSR count). The number of rotatable bonds is 5. The van der Waals surface area contributed by atoms with Gasteiger partial charge in [0.25, 0.3) is 5.91 Å². The number of hydrogen-bond donors (Lipinski definition) is 2. The van der Waals surface area contributed by atoms with Crippen LogP contribution in [0.2, 0.25) is 0 Å². The van der Waals surface area contributed by atoms with E-state index < -0.39 is 5.97 Å². The summed E-state index contributed by atoms with van der Waals surface area (Å²) in [6.45, 7) is 1.97. The predicted molar refractivity (Wildman–Crippen MR) is 141 cm³/mol. The molecule has 0 radical (unpaired) electrons. The second kappa shape index (κ2) is 9.47. The normalized spacial score (nSPS) is 10.7. The summed E-state index contributed by atoms with van der Waals surface area (Å²) in [5.74, 6) is -0.827. The lowest BCUT2D eigenvalue weighted by Gasteiger charge is -2.13. The molecule has 9 heteroatoms. The molecule has 2 N–H and O–H groups in total. The van der Waals surface area contributed by atoms with Gasteiger partial charge in [-0.3, -0.25) is 4.79 Å². The fourth-order valence-corrected chi connectivity index (χ4v) is 6.30. The fourth-order valence-electron chi connectivity index (χ4n) is 2.69. The van der Waals surface area contributed by atoms with Gasteiger partial charge in [-0.15, -0.1) is 11.3 Å². The van der Waals surface area contributed by atoms with Crippen LogP contribution in [0.1, 0.15) is 26.3 Å². The Bertz CT molecular complexity index is 1110. The molecule has 1 heterocycles. The minimum atomic E-state index is -1.08. The molecule has 0 fully saturated rings. The molecule has 0 aliphatic carbocycles. The summed E-state index contributed by atoms with van der Waals surface area (Å²) in [6.07, 6.45) is 0. The number of carbonyl (C=O) groups excluding carboxylic acids is 1. The van der Waals surface area contributed by atoms with Gasteiger partial charge in [-0.05, 0) is 86.3 Å². The molecular weight excluding hydrogens is 731 g/mol. The molecule has 0 aliphatic rings. The van der Waals surface area contributed by atoms with Crippen LogP contribution in [0.4, 0.5) is 5.69 Å². The zero-order valence-electron chi connectivity index (χ0n) is 15.2. The number of methoxy groups -OCH3 is 1. The predicted octanol–water partition coefficient (Wildman–Crippen LogP) is 6.50. The van der Waals surface area contributed by atoms with Crippen LogP contribution in [-0.4, -0.2) is 24.1 Å². The molecule has 1 amide bonds. The number of carbonyl (C=O) groups is 2. The molecule has 2 aromatic carbocycles. The second-order valence-corrected chi connectivity index (χ2v) is 10.2. The molecule has 0 saturated carbocycles. The number of carboxylic acids is 1. The Kier molecular flexibility index (Phi) is 7.43. The number of amides is 1. The van der Waals surface area contributed by atoms with E-state index in [0.29, 0.717) is 19.8 Å². The Labute approximate surface area is 212 Å². The molecule has 0 spiro atoms. The highest BCUT2D eigenvalue weighted by molar-refractivity contribution is 14.1. The number of thiophene rings is 1. The molecule has 0 aliphatic heterocycles. The van der Waals surface area contributed by atoms with Crippen LogP contribution in [-0.2, 0) is 0 Å². The van der Waals surface area contributed by atoms with E-state index in [1.807, 2.05) is 31.2 Å². The number of anilines is 1. The Morgan fingerprint density at radius 2 is 1.76 bits per heavy atom. The van der Waals surface area contributed by atoms with Crippen LogP contribution in [0, 0.1) is 17.6 Å². The molecule has 5 nitrogen and oxygen atoms in total. The Morgan fingerprint density at radius 1 is 1.10 bits per heavy atom. The lowest BCUT2D eigenvalue weighted by molar-refractivity contribution is 0.0699. The maximum absolute atomic E-state index is 13.0. The SMILES string of the molecule is COc1c(I)c(I)cc(C(=O)Nc2csc(-c3ccc(C)cc3)c2C(=O)O)c1I. The molecule has 0 bridgehead atoms. The summed E-state index contributed by atoms with van der Waals surface area (Å²) in [5, 5.41) is 14.2. The minimum absolute atomic E-state index is 0.0920. The number of ether oxygens (including phenoxy) is 1. The van der Waals surface area contributed by atoms with Gasteiger partial charge in [0.05, 0.1) is 30.4 Å².